The number of benzene rings is 2. The molecule has 0 aliphatic carbocycles. The number of rotatable bonds is 3. The SMILES string of the molecule is Cc1ccc(N2C(SCc3ccc(C)c(C)c3)=N[C@H]3CS(=O)(=O)C[C@H]32)c(C)c1. The second-order valence-electron chi connectivity index (χ2n) is 7.99. The van der Waals surface area contributed by atoms with Crippen molar-refractivity contribution in [2.24, 2.45) is 4.99 Å². The molecule has 0 saturated carbocycles. The lowest BCUT2D eigenvalue weighted by Crippen LogP contribution is -2.39. The topological polar surface area (TPSA) is 49.7 Å². The van der Waals surface area contributed by atoms with Gasteiger partial charge in [0.1, 0.15) is 0 Å². The molecular formula is C22H26N2O2S2. The summed E-state index contributed by atoms with van der Waals surface area (Å²) in [7, 11) is -3.03. The summed E-state index contributed by atoms with van der Waals surface area (Å²) in [5, 5.41) is 0.940. The Kier molecular flexibility index (Phi) is 5.04. The minimum absolute atomic E-state index is 0.0892. The molecule has 2 aliphatic rings. The van der Waals surface area contributed by atoms with E-state index in [1.165, 1.54) is 22.3 Å². The Morgan fingerprint density at radius 3 is 2.50 bits per heavy atom. The van der Waals surface area contributed by atoms with Gasteiger partial charge < -0.3 is 4.90 Å². The number of amidine groups is 1. The van der Waals surface area contributed by atoms with Gasteiger partial charge >= 0.3 is 0 Å². The number of sulfone groups is 1. The molecule has 0 bridgehead atoms. The molecule has 28 heavy (non-hydrogen) atoms. The molecule has 4 nitrogen and oxygen atoms in total. The third kappa shape index (κ3) is 3.72. The number of anilines is 1. The van der Waals surface area contributed by atoms with Gasteiger partial charge in [0.25, 0.3) is 0 Å². The zero-order valence-electron chi connectivity index (χ0n) is 16.8. The van der Waals surface area contributed by atoms with Gasteiger partial charge in [-0.05, 0) is 56.0 Å². The molecule has 1 fully saturated rings. The summed E-state index contributed by atoms with van der Waals surface area (Å²) in [5.74, 6) is 1.17. The smallest absolute Gasteiger partial charge is 0.164 e. The first kappa shape index (κ1) is 19.5. The van der Waals surface area contributed by atoms with Crippen molar-refractivity contribution in [1.29, 1.82) is 0 Å². The number of aryl methyl sites for hydroxylation is 4. The average molecular weight is 415 g/mol. The minimum atomic E-state index is -3.03. The van der Waals surface area contributed by atoms with E-state index >= 15 is 0 Å². The summed E-state index contributed by atoms with van der Waals surface area (Å²) in [5.41, 5.74) is 7.29. The Balaban J connectivity index is 1.64. The van der Waals surface area contributed by atoms with E-state index in [1.54, 1.807) is 11.8 Å². The van der Waals surface area contributed by atoms with E-state index in [0.29, 0.717) is 0 Å². The van der Waals surface area contributed by atoms with Crippen molar-refractivity contribution in [3.8, 4) is 0 Å². The van der Waals surface area contributed by atoms with Crippen molar-refractivity contribution in [2.75, 3.05) is 16.4 Å². The number of hydrogen-bond acceptors (Lipinski definition) is 5. The molecule has 2 atom stereocenters. The molecule has 2 aliphatic heterocycles. The molecule has 148 valence electrons. The normalized spacial score (nSPS) is 23.0. The Morgan fingerprint density at radius 1 is 1.00 bits per heavy atom. The van der Waals surface area contributed by atoms with Gasteiger partial charge in [-0.2, -0.15) is 0 Å². The molecule has 2 aromatic rings. The minimum Gasteiger partial charge on any atom is -0.315 e. The summed E-state index contributed by atoms with van der Waals surface area (Å²) < 4.78 is 24.4. The van der Waals surface area contributed by atoms with Crippen molar-refractivity contribution >= 4 is 32.5 Å². The predicted molar refractivity (Wildman–Crippen MR) is 119 cm³/mol. The van der Waals surface area contributed by atoms with Gasteiger partial charge in [-0.15, -0.1) is 0 Å². The number of thioether (sulfide) groups is 1. The number of hydrogen-bond donors (Lipinski definition) is 0. The highest BCUT2D eigenvalue weighted by Crippen LogP contribution is 2.37. The Morgan fingerprint density at radius 2 is 1.79 bits per heavy atom. The molecule has 0 radical (unpaired) electrons. The molecule has 0 N–H and O–H groups in total. The van der Waals surface area contributed by atoms with Crippen LogP contribution in [-0.4, -0.2) is 37.2 Å². The van der Waals surface area contributed by atoms with Crippen LogP contribution >= 0.6 is 11.8 Å². The first-order chi connectivity index (χ1) is 13.2. The molecule has 2 aromatic carbocycles. The van der Waals surface area contributed by atoms with E-state index in [0.717, 1.165) is 22.2 Å². The van der Waals surface area contributed by atoms with Crippen LogP contribution in [-0.2, 0) is 15.6 Å². The highest BCUT2D eigenvalue weighted by atomic mass is 32.2. The van der Waals surface area contributed by atoms with Crippen LogP contribution in [0, 0.1) is 27.7 Å². The van der Waals surface area contributed by atoms with Crippen LogP contribution in [0.3, 0.4) is 0 Å². The van der Waals surface area contributed by atoms with Crippen LogP contribution in [0.25, 0.3) is 0 Å². The van der Waals surface area contributed by atoms with Gasteiger partial charge in [0.05, 0.1) is 23.6 Å². The van der Waals surface area contributed by atoms with Crippen LogP contribution in [0.2, 0.25) is 0 Å². The van der Waals surface area contributed by atoms with Gasteiger partial charge in [-0.1, -0.05) is 47.7 Å². The molecule has 0 amide bonds. The van der Waals surface area contributed by atoms with Crippen molar-refractivity contribution in [1.82, 2.24) is 0 Å². The predicted octanol–water partition coefficient (Wildman–Crippen LogP) is 4.20. The average Bonchev–Trinajstić information content (AvgIpc) is 3.08. The molecule has 4 rings (SSSR count). The number of nitrogens with zero attached hydrogens (tertiary/aromatic N) is 2. The fourth-order valence-electron chi connectivity index (χ4n) is 4.03. The fraction of sp³-hybridized carbons (Fsp3) is 0.409. The molecule has 2 heterocycles. The molecule has 0 aromatic heterocycles. The second kappa shape index (κ2) is 7.23. The zero-order chi connectivity index (χ0) is 20.1. The third-order valence-electron chi connectivity index (χ3n) is 5.66. The lowest BCUT2D eigenvalue weighted by molar-refractivity contribution is 0.601. The maximum absolute atomic E-state index is 12.2. The summed E-state index contributed by atoms with van der Waals surface area (Å²) in [6, 6.07) is 12.6. The standard InChI is InChI=1S/C22H26N2O2S2/c1-14-5-8-20(17(4)9-14)24-21-13-28(25,26)12-19(21)23-22(24)27-11-18-7-6-15(2)16(3)10-18/h5-10,19,21H,11-13H2,1-4H3/t19-,21+/m0/s1. The molecule has 0 unspecified atom stereocenters. The first-order valence-corrected chi connectivity index (χ1v) is 12.4. The quantitative estimate of drug-likeness (QED) is 0.755. The summed E-state index contributed by atoms with van der Waals surface area (Å²) in [6.07, 6.45) is 0. The lowest BCUT2D eigenvalue weighted by Gasteiger charge is -2.28. The molecule has 6 heteroatoms. The van der Waals surface area contributed by atoms with Crippen LogP contribution in [0.4, 0.5) is 5.69 Å². The van der Waals surface area contributed by atoms with E-state index < -0.39 is 9.84 Å². The zero-order valence-corrected chi connectivity index (χ0v) is 18.4. The highest BCUT2D eigenvalue weighted by Gasteiger charge is 2.47. The summed E-state index contributed by atoms with van der Waals surface area (Å²) in [6.45, 7) is 8.42. The van der Waals surface area contributed by atoms with Crippen molar-refractivity contribution < 1.29 is 8.42 Å². The maximum atomic E-state index is 12.2. The second-order valence-corrected chi connectivity index (χ2v) is 11.1. The fourth-order valence-corrected chi connectivity index (χ4v) is 6.93. The monoisotopic (exact) mass is 414 g/mol. The number of aliphatic imine (C=N–C) groups is 1. The van der Waals surface area contributed by atoms with E-state index in [2.05, 4.69) is 69.0 Å². The van der Waals surface area contributed by atoms with E-state index in [-0.39, 0.29) is 23.6 Å². The van der Waals surface area contributed by atoms with E-state index in [4.69, 9.17) is 4.99 Å². The highest BCUT2D eigenvalue weighted by molar-refractivity contribution is 8.13. The molecular weight excluding hydrogens is 388 g/mol. The largest absolute Gasteiger partial charge is 0.315 e. The van der Waals surface area contributed by atoms with Crippen LogP contribution < -0.4 is 4.90 Å². The van der Waals surface area contributed by atoms with E-state index in [9.17, 15) is 8.42 Å². The Hall–Kier alpha value is -1.79. The van der Waals surface area contributed by atoms with Gasteiger partial charge in [-0.3, -0.25) is 4.99 Å². The van der Waals surface area contributed by atoms with Gasteiger partial charge in [0, 0.05) is 11.4 Å². The lowest BCUT2D eigenvalue weighted by atomic mass is 10.1. The number of fused-ring (bicyclic) bond motifs is 1. The Labute approximate surface area is 172 Å². The van der Waals surface area contributed by atoms with Crippen molar-refractivity contribution in [3.05, 3.63) is 64.2 Å². The summed E-state index contributed by atoms with van der Waals surface area (Å²) >= 11 is 1.71. The van der Waals surface area contributed by atoms with Crippen molar-refractivity contribution in [2.45, 2.75) is 45.5 Å². The summed E-state index contributed by atoms with van der Waals surface area (Å²) in [4.78, 5) is 7.02. The first-order valence-electron chi connectivity index (χ1n) is 9.57. The van der Waals surface area contributed by atoms with Gasteiger partial charge in [-0.25, -0.2) is 8.42 Å². The van der Waals surface area contributed by atoms with Crippen LogP contribution in [0.1, 0.15) is 27.8 Å². The third-order valence-corrected chi connectivity index (χ3v) is 8.40. The van der Waals surface area contributed by atoms with E-state index in [1.807, 2.05) is 0 Å². The van der Waals surface area contributed by atoms with Crippen LogP contribution in [0.5, 0.6) is 0 Å². The Bertz CT molecular complexity index is 1060. The maximum Gasteiger partial charge on any atom is 0.164 e. The molecule has 1 saturated heterocycles. The van der Waals surface area contributed by atoms with Crippen LogP contribution in [0.15, 0.2) is 41.4 Å². The molecule has 0 spiro atoms. The van der Waals surface area contributed by atoms with Gasteiger partial charge in [0.15, 0.2) is 15.0 Å². The van der Waals surface area contributed by atoms with Gasteiger partial charge in [0.2, 0.25) is 0 Å². The van der Waals surface area contributed by atoms with Crippen molar-refractivity contribution in [3.63, 3.8) is 0 Å².